The van der Waals surface area contributed by atoms with E-state index in [1.165, 1.54) is 0 Å². The highest BCUT2D eigenvalue weighted by Gasteiger charge is 2.36. The summed E-state index contributed by atoms with van der Waals surface area (Å²) in [6, 6.07) is 0. The fourth-order valence-corrected chi connectivity index (χ4v) is 3.09. The molecular weight excluding hydrogens is 292 g/mol. The summed E-state index contributed by atoms with van der Waals surface area (Å²) in [5, 5.41) is 2.96. The zero-order valence-corrected chi connectivity index (χ0v) is 13.6. The highest BCUT2D eigenvalue weighted by molar-refractivity contribution is 5.88. The van der Waals surface area contributed by atoms with Crippen LogP contribution in [-0.4, -0.2) is 49.6 Å². The second-order valence-electron chi connectivity index (χ2n) is 6.05. The Labute approximate surface area is 138 Å². The standard InChI is InChI=1S/C18H26N2O3/c1-2-3-4-7-10-19-17(21)15-8-5-6-9-16(15)18(22)20-11-13-23-14-12-20/h1,5-6,15-16H,3-4,7-14H2,(H,19,21)/t15-,16+/m0/s1. The van der Waals surface area contributed by atoms with Gasteiger partial charge in [-0.25, -0.2) is 0 Å². The maximum absolute atomic E-state index is 12.7. The van der Waals surface area contributed by atoms with E-state index in [1.54, 1.807) is 0 Å². The largest absolute Gasteiger partial charge is 0.378 e. The normalized spacial score (nSPS) is 24.0. The highest BCUT2D eigenvalue weighted by Crippen LogP contribution is 2.28. The van der Waals surface area contributed by atoms with Crippen LogP contribution in [0.25, 0.3) is 0 Å². The molecule has 2 rings (SSSR count). The quantitative estimate of drug-likeness (QED) is 0.457. The number of allylic oxidation sites excluding steroid dienone is 2. The second-order valence-corrected chi connectivity index (χ2v) is 6.05. The molecule has 1 aliphatic carbocycles. The van der Waals surface area contributed by atoms with Crippen LogP contribution in [0, 0.1) is 24.2 Å². The third kappa shape index (κ3) is 5.11. The number of morpholine rings is 1. The van der Waals surface area contributed by atoms with Crippen LogP contribution in [0.3, 0.4) is 0 Å². The third-order valence-electron chi connectivity index (χ3n) is 4.46. The van der Waals surface area contributed by atoms with Crippen molar-refractivity contribution in [1.82, 2.24) is 10.2 Å². The summed E-state index contributed by atoms with van der Waals surface area (Å²) in [6.07, 6.45) is 13.0. The maximum Gasteiger partial charge on any atom is 0.226 e. The van der Waals surface area contributed by atoms with Gasteiger partial charge in [0.1, 0.15) is 0 Å². The number of hydrogen-bond acceptors (Lipinski definition) is 3. The molecule has 0 unspecified atom stereocenters. The first-order chi connectivity index (χ1) is 11.2. The first-order valence-electron chi connectivity index (χ1n) is 8.46. The third-order valence-corrected chi connectivity index (χ3v) is 4.46. The van der Waals surface area contributed by atoms with Gasteiger partial charge in [-0.2, -0.15) is 0 Å². The van der Waals surface area contributed by atoms with Gasteiger partial charge >= 0.3 is 0 Å². The van der Waals surface area contributed by atoms with Gasteiger partial charge in [0.15, 0.2) is 0 Å². The molecular formula is C18H26N2O3. The molecule has 23 heavy (non-hydrogen) atoms. The molecule has 126 valence electrons. The number of nitrogens with zero attached hydrogens (tertiary/aromatic N) is 1. The average molecular weight is 318 g/mol. The molecule has 2 atom stereocenters. The van der Waals surface area contributed by atoms with E-state index in [-0.39, 0.29) is 23.7 Å². The van der Waals surface area contributed by atoms with Crippen molar-refractivity contribution in [2.75, 3.05) is 32.8 Å². The van der Waals surface area contributed by atoms with Gasteiger partial charge in [-0.05, 0) is 25.7 Å². The Morgan fingerprint density at radius 1 is 1.17 bits per heavy atom. The van der Waals surface area contributed by atoms with E-state index in [0.29, 0.717) is 45.7 Å². The van der Waals surface area contributed by atoms with Crippen LogP contribution in [0.4, 0.5) is 0 Å². The summed E-state index contributed by atoms with van der Waals surface area (Å²) in [5.41, 5.74) is 0. The molecule has 5 nitrogen and oxygen atoms in total. The van der Waals surface area contributed by atoms with E-state index in [9.17, 15) is 9.59 Å². The van der Waals surface area contributed by atoms with Crippen LogP contribution in [0.1, 0.15) is 32.1 Å². The first-order valence-corrected chi connectivity index (χ1v) is 8.46. The lowest BCUT2D eigenvalue weighted by atomic mass is 9.81. The van der Waals surface area contributed by atoms with E-state index in [1.807, 2.05) is 17.1 Å². The molecule has 5 heteroatoms. The van der Waals surface area contributed by atoms with Crippen molar-refractivity contribution in [3.63, 3.8) is 0 Å². The van der Waals surface area contributed by atoms with Gasteiger partial charge < -0.3 is 15.0 Å². The summed E-state index contributed by atoms with van der Waals surface area (Å²) in [5.74, 6) is 2.16. The Kier molecular flexibility index (Phi) is 7.15. The summed E-state index contributed by atoms with van der Waals surface area (Å²) >= 11 is 0. The molecule has 2 aliphatic rings. The molecule has 1 saturated heterocycles. The van der Waals surface area contributed by atoms with E-state index in [0.717, 1.165) is 19.3 Å². The van der Waals surface area contributed by atoms with Crippen molar-refractivity contribution in [1.29, 1.82) is 0 Å². The van der Waals surface area contributed by atoms with Crippen molar-refractivity contribution >= 4 is 11.8 Å². The molecule has 0 saturated carbocycles. The van der Waals surface area contributed by atoms with Crippen LogP contribution in [0.15, 0.2) is 12.2 Å². The van der Waals surface area contributed by atoms with Gasteiger partial charge in [-0.1, -0.05) is 12.2 Å². The van der Waals surface area contributed by atoms with Crippen LogP contribution in [-0.2, 0) is 14.3 Å². The molecule has 1 fully saturated rings. The monoisotopic (exact) mass is 318 g/mol. The molecule has 0 aromatic heterocycles. The number of carbonyl (C=O) groups excluding carboxylic acids is 2. The number of unbranched alkanes of at least 4 members (excludes halogenated alkanes) is 2. The average Bonchev–Trinajstić information content (AvgIpc) is 2.61. The Morgan fingerprint density at radius 3 is 2.57 bits per heavy atom. The lowest BCUT2D eigenvalue weighted by Crippen LogP contribution is -2.48. The fraction of sp³-hybridized carbons (Fsp3) is 0.667. The molecule has 1 N–H and O–H groups in total. The first kappa shape index (κ1) is 17.6. The van der Waals surface area contributed by atoms with Crippen molar-refractivity contribution in [2.45, 2.75) is 32.1 Å². The number of ether oxygens (including phenoxy) is 1. The predicted molar refractivity (Wildman–Crippen MR) is 88.4 cm³/mol. The Hall–Kier alpha value is -1.80. The minimum Gasteiger partial charge on any atom is -0.378 e. The lowest BCUT2D eigenvalue weighted by molar-refractivity contribution is -0.145. The number of carbonyl (C=O) groups is 2. The zero-order valence-electron chi connectivity index (χ0n) is 13.6. The van der Waals surface area contributed by atoms with Crippen LogP contribution >= 0.6 is 0 Å². The van der Waals surface area contributed by atoms with Crippen molar-refractivity contribution in [2.24, 2.45) is 11.8 Å². The summed E-state index contributed by atoms with van der Waals surface area (Å²) < 4.78 is 5.30. The zero-order chi connectivity index (χ0) is 16.5. The molecule has 0 aromatic rings. The molecule has 0 aromatic carbocycles. The Balaban J connectivity index is 1.87. The van der Waals surface area contributed by atoms with Gasteiger partial charge in [-0.3, -0.25) is 9.59 Å². The van der Waals surface area contributed by atoms with Crippen LogP contribution in [0.5, 0.6) is 0 Å². The molecule has 1 aliphatic heterocycles. The topological polar surface area (TPSA) is 58.6 Å². The molecule has 1 heterocycles. The summed E-state index contributed by atoms with van der Waals surface area (Å²) in [6.45, 7) is 3.04. The van der Waals surface area contributed by atoms with E-state index in [4.69, 9.17) is 11.2 Å². The maximum atomic E-state index is 12.7. The predicted octanol–water partition coefficient (Wildman–Crippen LogP) is 1.35. The van der Waals surface area contributed by atoms with Crippen molar-refractivity contribution < 1.29 is 14.3 Å². The van der Waals surface area contributed by atoms with Gasteiger partial charge in [0, 0.05) is 26.1 Å². The van der Waals surface area contributed by atoms with Gasteiger partial charge in [0.25, 0.3) is 0 Å². The number of amides is 2. The van der Waals surface area contributed by atoms with Crippen molar-refractivity contribution in [3.05, 3.63) is 12.2 Å². The van der Waals surface area contributed by atoms with E-state index >= 15 is 0 Å². The lowest BCUT2D eigenvalue weighted by Gasteiger charge is -2.34. The van der Waals surface area contributed by atoms with E-state index < -0.39 is 0 Å². The summed E-state index contributed by atoms with van der Waals surface area (Å²) in [4.78, 5) is 27.0. The molecule has 2 amide bonds. The van der Waals surface area contributed by atoms with Crippen LogP contribution < -0.4 is 5.32 Å². The summed E-state index contributed by atoms with van der Waals surface area (Å²) in [7, 11) is 0. The SMILES string of the molecule is C#CCCCCNC(=O)[C@H]1CC=CC[C@H]1C(=O)N1CCOCC1. The Morgan fingerprint density at radius 2 is 1.87 bits per heavy atom. The number of rotatable bonds is 6. The number of terminal acetylenes is 1. The minimum absolute atomic E-state index is 0.0123. The second kappa shape index (κ2) is 9.36. The molecule has 0 spiro atoms. The number of hydrogen-bond donors (Lipinski definition) is 1. The smallest absolute Gasteiger partial charge is 0.226 e. The fourth-order valence-electron chi connectivity index (χ4n) is 3.09. The minimum atomic E-state index is -0.261. The van der Waals surface area contributed by atoms with Crippen LogP contribution in [0.2, 0.25) is 0 Å². The molecule has 0 bridgehead atoms. The van der Waals surface area contributed by atoms with Gasteiger partial charge in [0.2, 0.25) is 11.8 Å². The molecule has 0 radical (unpaired) electrons. The highest BCUT2D eigenvalue weighted by atomic mass is 16.5. The number of nitrogens with one attached hydrogen (secondary N) is 1. The van der Waals surface area contributed by atoms with Gasteiger partial charge in [0.05, 0.1) is 25.0 Å². The van der Waals surface area contributed by atoms with E-state index in [2.05, 4.69) is 11.2 Å². The van der Waals surface area contributed by atoms with Crippen molar-refractivity contribution in [3.8, 4) is 12.3 Å². The Bertz CT molecular complexity index is 475. The van der Waals surface area contributed by atoms with Gasteiger partial charge in [-0.15, -0.1) is 12.3 Å².